The Morgan fingerprint density at radius 1 is 1.05 bits per heavy atom. The van der Waals surface area contributed by atoms with Crippen molar-refractivity contribution in [2.24, 2.45) is 0 Å². The third-order valence-corrected chi connectivity index (χ3v) is 4.24. The van der Waals surface area contributed by atoms with Gasteiger partial charge < -0.3 is 16.0 Å². The van der Waals surface area contributed by atoms with E-state index in [4.69, 9.17) is 11.5 Å². The molecule has 0 atom stereocenters. The molecule has 0 aliphatic carbocycles. The van der Waals surface area contributed by atoms with Crippen LogP contribution in [0.4, 0.5) is 11.8 Å². The summed E-state index contributed by atoms with van der Waals surface area (Å²) in [7, 11) is 0. The molecule has 4 N–H and O–H groups in total. The lowest BCUT2D eigenvalue weighted by Gasteiger charge is -2.19. The van der Waals surface area contributed by atoms with Crippen LogP contribution in [0.15, 0.2) is 24.4 Å². The van der Waals surface area contributed by atoms with Crippen LogP contribution in [0.3, 0.4) is 0 Å². The van der Waals surface area contributed by atoms with Gasteiger partial charge in [-0.1, -0.05) is 26.7 Å². The van der Waals surface area contributed by atoms with E-state index in [0.29, 0.717) is 11.9 Å². The smallest absolute Gasteiger partial charge is 0.222 e. The average Bonchev–Trinajstić information content (AvgIpc) is 2.90. The summed E-state index contributed by atoms with van der Waals surface area (Å²) in [5.41, 5.74) is 13.8. The molecule has 0 aliphatic heterocycles. The van der Waals surface area contributed by atoms with E-state index in [1.165, 1.54) is 31.2 Å². The molecule has 1 aromatic carbocycles. The molecule has 0 saturated heterocycles. The number of fused-ring (bicyclic) bond motifs is 3. The van der Waals surface area contributed by atoms with Gasteiger partial charge in [-0.05, 0) is 31.0 Å². The molecule has 2 heterocycles. The van der Waals surface area contributed by atoms with E-state index >= 15 is 0 Å². The van der Waals surface area contributed by atoms with Gasteiger partial charge in [0.05, 0.1) is 10.9 Å². The Hall–Kier alpha value is -2.30. The number of hydrogen-bond donors (Lipinski definition) is 2. The van der Waals surface area contributed by atoms with Crippen LogP contribution in [0.2, 0.25) is 0 Å². The van der Waals surface area contributed by atoms with Crippen LogP contribution in [0.1, 0.15) is 45.6 Å². The van der Waals surface area contributed by atoms with Crippen molar-refractivity contribution in [3.05, 3.63) is 24.4 Å². The number of hydrogen-bond acceptors (Lipinski definition) is 4. The van der Waals surface area contributed by atoms with Crippen LogP contribution in [-0.2, 0) is 0 Å². The maximum absolute atomic E-state index is 6.09. The highest BCUT2D eigenvalue weighted by atomic mass is 15.0. The van der Waals surface area contributed by atoms with E-state index in [0.717, 1.165) is 16.3 Å². The van der Waals surface area contributed by atoms with Crippen molar-refractivity contribution in [1.82, 2.24) is 14.5 Å². The summed E-state index contributed by atoms with van der Waals surface area (Å²) in [5.74, 6) is 0.673. The molecule has 5 heteroatoms. The molecule has 2 aromatic heterocycles. The van der Waals surface area contributed by atoms with E-state index in [-0.39, 0.29) is 5.95 Å². The predicted octanol–water partition coefficient (Wildman–Crippen LogP) is 3.89. The molecule has 0 amide bonds. The minimum Gasteiger partial charge on any atom is -0.383 e. The summed E-state index contributed by atoms with van der Waals surface area (Å²) in [6.45, 7) is 4.47. The van der Waals surface area contributed by atoms with Gasteiger partial charge in [0.1, 0.15) is 5.82 Å². The molecule has 0 spiro atoms. The Bertz CT molecular complexity index is 800. The number of nitrogens with zero attached hydrogens (tertiary/aromatic N) is 3. The van der Waals surface area contributed by atoms with E-state index in [9.17, 15) is 0 Å². The van der Waals surface area contributed by atoms with Crippen LogP contribution in [0.25, 0.3) is 21.8 Å². The molecule has 116 valence electrons. The minimum absolute atomic E-state index is 0.221. The summed E-state index contributed by atoms with van der Waals surface area (Å²) in [5, 5.41) is 2.00. The first-order chi connectivity index (χ1) is 10.7. The monoisotopic (exact) mass is 297 g/mol. The topological polar surface area (TPSA) is 82.8 Å². The highest BCUT2D eigenvalue weighted by Crippen LogP contribution is 2.32. The largest absolute Gasteiger partial charge is 0.383 e. The van der Waals surface area contributed by atoms with Gasteiger partial charge in [0.15, 0.2) is 0 Å². The first kappa shape index (κ1) is 14.6. The van der Waals surface area contributed by atoms with Crippen molar-refractivity contribution < 1.29 is 0 Å². The van der Waals surface area contributed by atoms with Crippen molar-refractivity contribution in [2.45, 2.75) is 45.6 Å². The third-order valence-electron chi connectivity index (χ3n) is 4.24. The normalized spacial score (nSPS) is 11.8. The van der Waals surface area contributed by atoms with E-state index in [1.807, 2.05) is 6.07 Å². The second-order valence-corrected chi connectivity index (χ2v) is 5.81. The first-order valence-electron chi connectivity index (χ1n) is 7.98. The van der Waals surface area contributed by atoms with Crippen molar-refractivity contribution in [3.8, 4) is 0 Å². The molecule has 0 unspecified atom stereocenters. The Morgan fingerprint density at radius 3 is 2.45 bits per heavy atom. The fourth-order valence-electron chi connectivity index (χ4n) is 3.32. The fraction of sp³-hybridized carbons (Fsp3) is 0.412. The number of nitrogens with two attached hydrogens (primary N) is 2. The van der Waals surface area contributed by atoms with Gasteiger partial charge in [-0.2, -0.15) is 4.98 Å². The van der Waals surface area contributed by atoms with Crippen LogP contribution < -0.4 is 11.5 Å². The quantitative estimate of drug-likeness (QED) is 0.748. The lowest BCUT2D eigenvalue weighted by atomic mass is 10.1. The summed E-state index contributed by atoms with van der Waals surface area (Å²) in [4.78, 5) is 8.40. The predicted molar refractivity (Wildman–Crippen MR) is 92.7 cm³/mol. The molecule has 0 fully saturated rings. The first-order valence-corrected chi connectivity index (χ1v) is 7.98. The van der Waals surface area contributed by atoms with Crippen LogP contribution >= 0.6 is 0 Å². The molecule has 5 nitrogen and oxygen atoms in total. The minimum atomic E-state index is 0.221. The average molecular weight is 297 g/mol. The lowest BCUT2D eigenvalue weighted by molar-refractivity contribution is 0.438. The van der Waals surface area contributed by atoms with Crippen LogP contribution in [0.5, 0.6) is 0 Å². The molecule has 3 aromatic rings. The number of aromatic nitrogens is 3. The zero-order valence-corrected chi connectivity index (χ0v) is 13.2. The zero-order chi connectivity index (χ0) is 15.7. The highest BCUT2D eigenvalue weighted by molar-refractivity contribution is 6.10. The molecular weight excluding hydrogens is 274 g/mol. The Kier molecular flexibility index (Phi) is 3.88. The van der Waals surface area contributed by atoms with E-state index < -0.39 is 0 Å². The van der Waals surface area contributed by atoms with Crippen LogP contribution in [-0.4, -0.2) is 14.5 Å². The maximum atomic E-state index is 6.09. The van der Waals surface area contributed by atoms with Gasteiger partial charge >= 0.3 is 0 Å². The molecule has 0 saturated carbocycles. The summed E-state index contributed by atoms with van der Waals surface area (Å²) in [6, 6.07) is 6.74. The molecule has 22 heavy (non-hydrogen) atoms. The molecule has 3 rings (SSSR count). The Labute approximate surface area is 130 Å². The molecule has 0 radical (unpaired) electrons. The molecule has 0 bridgehead atoms. The van der Waals surface area contributed by atoms with Gasteiger partial charge in [0.2, 0.25) is 5.95 Å². The number of rotatable bonds is 5. The number of anilines is 2. The third kappa shape index (κ3) is 2.36. The maximum Gasteiger partial charge on any atom is 0.222 e. The van der Waals surface area contributed by atoms with Crippen molar-refractivity contribution >= 4 is 33.6 Å². The van der Waals surface area contributed by atoms with Crippen molar-refractivity contribution in [1.29, 1.82) is 0 Å². The van der Waals surface area contributed by atoms with Gasteiger partial charge in [-0.25, -0.2) is 4.98 Å². The Balaban J connectivity index is 2.21. The summed E-state index contributed by atoms with van der Waals surface area (Å²) >= 11 is 0. The Morgan fingerprint density at radius 2 is 1.77 bits per heavy atom. The molecular formula is C17H23N5. The number of benzene rings is 1. The van der Waals surface area contributed by atoms with Crippen LogP contribution in [0, 0.1) is 0 Å². The van der Waals surface area contributed by atoms with Gasteiger partial charge in [-0.3, -0.25) is 0 Å². The van der Waals surface area contributed by atoms with Gasteiger partial charge in [-0.15, -0.1) is 0 Å². The number of nitrogen functional groups attached to an aromatic ring is 2. The second kappa shape index (κ2) is 5.83. The van der Waals surface area contributed by atoms with E-state index in [2.05, 4.69) is 46.7 Å². The summed E-state index contributed by atoms with van der Waals surface area (Å²) in [6.07, 6.45) is 6.89. The fourth-order valence-corrected chi connectivity index (χ4v) is 3.32. The van der Waals surface area contributed by atoms with Crippen molar-refractivity contribution in [3.63, 3.8) is 0 Å². The SMILES string of the molecule is CCCC(CCC)n1ccc2c3c(N)nc(N)nc3ccc21. The lowest BCUT2D eigenvalue weighted by Crippen LogP contribution is -2.07. The highest BCUT2D eigenvalue weighted by Gasteiger charge is 2.15. The van der Waals surface area contributed by atoms with Crippen molar-refractivity contribution in [2.75, 3.05) is 11.5 Å². The standard InChI is InChI=1S/C17H23N5/c1-3-5-11(6-4-2)22-10-9-12-14(22)8-7-13-15(12)16(18)21-17(19)20-13/h7-11H,3-6H2,1-2H3,(H4,18,19,20,21). The summed E-state index contributed by atoms with van der Waals surface area (Å²) < 4.78 is 2.37. The van der Waals surface area contributed by atoms with E-state index in [1.54, 1.807) is 0 Å². The van der Waals surface area contributed by atoms with Gasteiger partial charge in [0.25, 0.3) is 0 Å². The van der Waals surface area contributed by atoms with Gasteiger partial charge in [0, 0.05) is 23.1 Å². The second-order valence-electron chi connectivity index (χ2n) is 5.81. The zero-order valence-electron chi connectivity index (χ0n) is 13.2. The molecule has 0 aliphatic rings.